The number of rotatable bonds is 10. The number of hydrogen-bond donors (Lipinski definition) is 1. The first kappa shape index (κ1) is 28.2. The number of benzene rings is 3. The summed E-state index contributed by atoms with van der Waals surface area (Å²) in [7, 11) is -2.30. The van der Waals surface area contributed by atoms with Crippen LogP contribution in [-0.4, -0.2) is 51.0 Å². The maximum Gasteiger partial charge on any atom is 0.244 e. The summed E-state index contributed by atoms with van der Waals surface area (Å²) in [6, 6.07) is 20.8. The van der Waals surface area contributed by atoms with E-state index < -0.39 is 28.5 Å². The molecule has 1 N–H and O–H groups in total. The molecule has 196 valence electrons. The van der Waals surface area contributed by atoms with Crippen molar-refractivity contribution in [2.75, 3.05) is 24.2 Å². The molecule has 37 heavy (non-hydrogen) atoms. The number of carbonyl (C=O) groups is 2. The van der Waals surface area contributed by atoms with Crippen LogP contribution in [0.2, 0.25) is 5.02 Å². The van der Waals surface area contributed by atoms with Gasteiger partial charge in [-0.1, -0.05) is 66.2 Å². The Balaban J connectivity index is 2.05. The second-order valence-electron chi connectivity index (χ2n) is 8.97. The van der Waals surface area contributed by atoms with Crippen molar-refractivity contribution in [3.05, 3.63) is 100 Å². The fourth-order valence-corrected chi connectivity index (χ4v) is 5.06. The fourth-order valence-electron chi connectivity index (χ4n) is 4.03. The molecule has 1 atom stereocenters. The molecule has 0 saturated carbocycles. The molecule has 0 aliphatic rings. The van der Waals surface area contributed by atoms with Crippen molar-refractivity contribution in [3.63, 3.8) is 0 Å². The van der Waals surface area contributed by atoms with Gasteiger partial charge in [0, 0.05) is 25.0 Å². The number of carbonyl (C=O) groups excluding carboxylic acids is 2. The number of hydrogen-bond acceptors (Lipinski definition) is 4. The largest absolute Gasteiger partial charge is 0.357 e. The smallest absolute Gasteiger partial charge is 0.244 e. The van der Waals surface area contributed by atoms with Crippen molar-refractivity contribution in [2.45, 2.75) is 32.9 Å². The molecule has 2 amide bonds. The van der Waals surface area contributed by atoms with Crippen LogP contribution in [0.4, 0.5) is 5.69 Å². The highest BCUT2D eigenvalue weighted by atomic mass is 35.5. The Morgan fingerprint density at radius 3 is 2.19 bits per heavy atom. The quantitative estimate of drug-likeness (QED) is 0.418. The van der Waals surface area contributed by atoms with Gasteiger partial charge in [-0.15, -0.1) is 0 Å². The van der Waals surface area contributed by atoms with Crippen LogP contribution in [0.1, 0.15) is 22.3 Å². The van der Waals surface area contributed by atoms with E-state index >= 15 is 0 Å². The lowest BCUT2D eigenvalue weighted by Crippen LogP contribution is -2.52. The highest BCUT2D eigenvalue weighted by Gasteiger charge is 2.33. The van der Waals surface area contributed by atoms with E-state index in [2.05, 4.69) is 5.32 Å². The topological polar surface area (TPSA) is 86.8 Å². The van der Waals surface area contributed by atoms with Crippen molar-refractivity contribution in [2.24, 2.45) is 0 Å². The Bertz CT molecular complexity index is 1360. The number of sulfonamides is 1. The summed E-state index contributed by atoms with van der Waals surface area (Å²) in [5.41, 5.74) is 3.81. The van der Waals surface area contributed by atoms with Crippen LogP contribution in [0, 0.1) is 13.8 Å². The molecule has 0 aliphatic heterocycles. The lowest BCUT2D eigenvalue weighted by atomic mass is 10.0. The normalized spacial score (nSPS) is 12.0. The molecule has 0 spiro atoms. The van der Waals surface area contributed by atoms with Gasteiger partial charge in [0.1, 0.15) is 12.6 Å². The second-order valence-corrected chi connectivity index (χ2v) is 11.3. The van der Waals surface area contributed by atoms with Gasteiger partial charge in [-0.3, -0.25) is 13.9 Å². The molecule has 0 aromatic heterocycles. The van der Waals surface area contributed by atoms with Gasteiger partial charge in [0.15, 0.2) is 0 Å². The number of nitrogens with zero attached hydrogens (tertiary/aromatic N) is 2. The molecule has 0 saturated heterocycles. The molecule has 0 bridgehead atoms. The molecular formula is C28H32ClN3O4S. The number of likely N-dealkylation sites (N-methyl/N-ethyl adjacent to an activating group) is 1. The zero-order chi connectivity index (χ0) is 27.2. The molecule has 0 unspecified atom stereocenters. The van der Waals surface area contributed by atoms with Gasteiger partial charge >= 0.3 is 0 Å². The minimum absolute atomic E-state index is 0.0357. The van der Waals surface area contributed by atoms with Crippen molar-refractivity contribution in [1.29, 1.82) is 0 Å². The number of nitrogens with one attached hydrogen (secondary N) is 1. The van der Waals surface area contributed by atoms with Gasteiger partial charge < -0.3 is 10.2 Å². The molecule has 0 radical (unpaired) electrons. The first-order valence-corrected chi connectivity index (χ1v) is 14.1. The highest BCUT2D eigenvalue weighted by molar-refractivity contribution is 7.92. The van der Waals surface area contributed by atoms with Crippen LogP contribution in [-0.2, 0) is 32.6 Å². The van der Waals surface area contributed by atoms with Gasteiger partial charge in [0.05, 0.1) is 11.9 Å². The van der Waals surface area contributed by atoms with Crippen molar-refractivity contribution in [1.82, 2.24) is 10.2 Å². The van der Waals surface area contributed by atoms with E-state index in [1.807, 2.05) is 50.2 Å². The highest BCUT2D eigenvalue weighted by Crippen LogP contribution is 2.24. The van der Waals surface area contributed by atoms with E-state index in [0.717, 1.165) is 27.3 Å². The summed E-state index contributed by atoms with van der Waals surface area (Å²) in [5, 5.41) is 3.10. The third-order valence-electron chi connectivity index (χ3n) is 6.27. The van der Waals surface area contributed by atoms with Crippen LogP contribution < -0.4 is 9.62 Å². The average molecular weight is 542 g/mol. The van der Waals surface area contributed by atoms with Crippen LogP contribution >= 0.6 is 11.6 Å². The van der Waals surface area contributed by atoms with Gasteiger partial charge in [0.25, 0.3) is 0 Å². The molecule has 0 aliphatic carbocycles. The van der Waals surface area contributed by atoms with E-state index in [-0.39, 0.29) is 18.9 Å². The second kappa shape index (κ2) is 12.3. The fraction of sp³-hybridized carbons (Fsp3) is 0.286. The van der Waals surface area contributed by atoms with Gasteiger partial charge in [-0.05, 0) is 54.3 Å². The third-order valence-corrected chi connectivity index (χ3v) is 7.78. The van der Waals surface area contributed by atoms with Crippen LogP contribution in [0.25, 0.3) is 0 Å². The molecule has 0 fully saturated rings. The van der Waals surface area contributed by atoms with Crippen LogP contribution in [0.15, 0.2) is 72.8 Å². The van der Waals surface area contributed by atoms with Crippen molar-refractivity contribution < 1.29 is 18.0 Å². The molecule has 9 heteroatoms. The minimum atomic E-state index is -3.81. The summed E-state index contributed by atoms with van der Waals surface area (Å²) < 4.78 is 26.7. The van der Waals surface area contributed by atoms with Gasteiger partial charge in [-0.25, -0.2) is 8.42 Å². The Kier molecular flexibility index (Phi) is 9.34. The average Bonchev–Trinajstić information content (AvgIpc) is 2.86. The summed E-state index contributed by atoms with van der Waals surface area (Å²) in [6.07, 6.45) is 1.31. The monoisotopic (exact) mass is 541 g/mol. The Labute approximate surface area is 224 Å². The number of halogens is 1. The zero-order valence-electron chi connectivity index (χ0n) is 21.4. The summed E-state index contributed by atoms with van der Waals surface area (Å²) in [6.45, 7) is 3.38. The Morgan fingerprint density at radius 1 is 0.946 bits per heavy atom. The van der Waals surface area contributed by atoms with Gasteiger partial charge in [-0.2, -0.15) is 0 Å². The van der Waals surface area contributed by atoms with Crippen molar-refractivity contribution in [3.8, 4) is 0 Å². The van der Waals surface area contributed by atoms with E-state index in [4.69, 9.17) is 11.6 Å². The summed E-state index contributed by atoms with van der Waals surface area (Å²) in [5.74, 6) is -0.880. The lowest BCUT2D eigenvalue weighted by Gasteiger charge is -2.33. The van der Waals surface area contributed by atoms with Crippen LogP contribution in [0.3, 0.4) is 0 Å². The molecule has 3 aromatic rings. The third kappa shape index (κ3) is 7.33. The number of anilines is 1. The predicted octanol–water partition coefficient (Wildman–Crippen LogP) is 4.11. The predicted molar refractivity (Wildman–Crippen MR) is 148 cm³/mol. The summed E-state index contributed by atoms with van der Waals surface area (Å²) >= 11 is 6.41. The summed E-state index contributed by atoms with van der Waals surface area (Å²) in [4.78, 5) is 28.4. The maximum absolute atomic E-state index is 13.9. The van der Waals surface area contributed by atoms with E-state index in [1.54, 1.807) is 36.4 Å². The number of aryl methyl sites for hydroxylation is 2. The molecular weight excluding hydrogens is 510 g/mol. The van der Waals surface area contributed by atoms with Crippen LogP contribution in [0.5, 0.6) is 0 Å². The zero-order valence-corrected chi connectivity index (χ0v) is 23.0. The van der Waals surface area contributed by atoms with Crippen molar-refractivity contribution >= 4 is 39.1 Å². The lowest BCUT2D eigenvalue weighted by molar-refractivity contribution is -0.139. The minimum Gasteiger partial charge on any atom is -0.357 e. The molecule has 7 nitrogen and oxygen atoms in total. The molecule has 3 rings (SSSR count). The molecule has 0 heterocycles. The Hall–Kier alpha value is -3.36. The number of amides is 2. The first-order chi connectivity index (χ1) is 17.5. The van der Waals surface area contributed by atoms with E-state index in [1.165, 1.54) is 11.9 Å². The first-order valence-electron chi connectivity index (χ1n) is 11.8. The van der Waals surface area contributed by atoms with E-state index in [9.17, 15) is 18.0 Å². The SMILES string of the molecule is CNC(=O)[C@H](Cc1ccccc1)N(Cc1ccccc1Cl)C(=O)CN(c1ccc(C)c(C)c1)S(C)(=O)=O. The van der Waals surface area contributed by atoms with Gasteiger partial charge in [0.2, 0.25) is 21.8 Å². The standard InChI is InChI=1S/C28H32ClN3O4S/c1-20-14-15-24(16-21(20)2)32(37(4,35)36)19-27(33)31(18-23-12-8-9-13-25(23)29)26(28(34)30-3)17-22-10-6-5-7-11-22/h5-16,26H,17-19H2,1-4H3,(H,30,34)/t26-/m0/s1. The van der Waals surface area contributed by atoms with E-state index in [0.29, 0.717) is 16.3 Å². The Morgan fingerprint density at radius 2 is 1.59 bits per heavy atom. The molecule has 3 aromatic carbocycles. The maximum atomic E-state index is 13.9.